The fourth-order valence-corrected chi connectivity index (χ4v) is 8.19. The first-order valence-corrected chi connectivity index (χ1v) is 29.4. The van der Waals surface area contributed by atoms with Crippen molar-refractivity contribution in [3.8, 4) is 0 Å². The van der Waals surface area contributed by atoms with Crippen LogP contribution in [0.2, 0.25) is 18.1 Å². The van der Waals surface area contributed by atoms with Crippen LogP contribution in [0.15, 0.2) is 25.3 Å². The lowest BCUT2D eigenvalue weighted by atomic mass is 10.0. The summed E-state index contributed by atoms with van der Waals surface area (Å²) < 4.78 is 29.1. The third-order valence-corrected chi connectivity index (χ3v) is 16.9. The van der Waals surface area contributed by atoms with Gasteiger partial charge in [0.25, 0.3) is 0 Å². The van der Waals surface area contributed by atoms with E-state index in [0.717, 1.165) is 26.1 Å². The summed E-state index contributed by atoms with van der Waals surface area (Å²) >= 11 is 0. The van der Waals surface area contributed by atoms with E-state index in [4.69, 9.17) is 28.5 Å². The Morgan fingerprint density at radius 2 is 0.721 bits per heavy atom. The highest BCUT2D eigenvalue weighted by Gasteiger charge is 2.37. The van der Waals surface area contributed by atoms with E-state index in [1.165, 1.54) is 193 Å². The largest absolute Gasteiger partial charge is 0.414 e. The van der Waals surface area contributed by atoms with Crippen molar-refractivity contribution >= 4 is 8.32 Å². The van der Waals surface area contributed by atoms with Gasteiger partial charge in [0.1, 0.15) is 12.2 Å². The standard InChI is InChI=1S/C30H62O3Si.C24H48O3/c1-8-10-11-12-13-14-15-16-17-18-19-20-21-22-23-24-26-31-27-29(32-25-9-2)28-33-34(6,7)30(3,4)5;1-3-5-6-7-8-9-10-11-12-13-14-15-16-17-18-19-21-26-23-24(22-25)27-20-4-2/h9,29H,2,8,10-28H2,1,3-7H3;4,24-25H,2-3,5-23H2,1H3/t29-;24-/m10/s1. The van der Waals surface area contributed by atoms with Crippen LogP contribution < -0.4 is 0 Å². The summed E-state index contributed by atoms with van der Waals surface area (Å²) in [6.45, 7) is 27.7. The van der Waals surface area contributed by atoms with Gasteiger partial charge in [-0.2, -0.15) is 0 Å². The van der Waals surface area contributed by atoms with Gasteiger partial charge in [-0.15, -0.1) is 13.2 Å². The molecule has 0 saturated heterocycles. The van der Waals surface area contributed by atoms with E-state index in [1.807, 2.05) is 0 Å². The Balaban J connectivity index is 0. The Morgan fingerprint density at radius 1 is 0.443 bits per heavy atom. The Labute approximate surface area is 384 Å². The zero-order valence-corrected chi connectivity index (χ0v) is 43.5. The summed E-state index contributed by atoms with van der Waals surface area (Å²) in [4.78, 5) is 0. The number of rotatable bonds is 48. The van der Waals surface area contributed by atoms with Crippen LogP contribution in [0.3, 0.4) is 0 Å². The number of ether oxygens (including phenoxy) is 4. The second-order valence-electron chi connectivity index (χ2n) is 19.5. The first-order chi connectivity index (χ1) is 29.6. The second kappa shape index (κ2) is 48.9. The molecule has 0 bridgehead atoms. The Morgan fingerprint density at radius 3 is 1.00 bits per heavy atom. The molecule has 0 aromatic carbocycles. The monoisotopic (exact) mass is 883 g/mol. The molecule has 6 nitrogen and oxygen atoms in total. The fraction of sp³-hybridized carbons (Fsp3) is 0.926. The van der Waals surface area contributed by atoms with E-state index in [0.29, 0.717) is 33.0 Å². The summed E-state index contributed by atoms with van der Waals surface area (Å²) in [5.74, 6) is 0. The van der Waals surface area contributed by atoms with Crippen LogP contribution in [-0.2, 0) is 23.4 Å². The Hall–Kier alpha value is -0.543. The van der Waals surface area contributed by atoms with Crippen molar-refractivity contribution in [2.75, 3.05) is 52.9 Å². The van der Waals surface area contributed by atoms with E-state index in [2.05, 4.69) is 60.9 Å². The lowest BCUT2D eigenvalue weighted by Crippen LogP contribution is -2.43. The number of hydrogen-bond acceptors (Lipinski definition) is 6. The summed E-state index contributed by atoms with van der Waals surface area (Å²) in [6, 6.07) is 0. The van der Waals surface area contributed by atoms with Crippen molar-refractivity contribution in [1.29, 1.82) is 0 Å². The van der Waals surface area contributed by atoms with Crippen LogP contribution in [0.25, 0.3) is 0 Å². The van der Waals surface area contributed by atoms with Gasteiger partial charge in [0.2, 0.25) is 0 Å². The summed E-state index contributed by atoms with van der Waals surface area (Å²) in [5.41, 5.74) is 0. The highest BCUT2D eigenvalue weighted by Crippen LogP contribution is 2.36. The highest BCUT2D eigenvalue weighted by atomic mass is 28.4. The third kappa shape index (κ3) is 47.2. The van der Waals surface area contributed by atoms with Crippen LogP contribution in [0.4, 0.5) is 0 Å². The molecule has 366 valence electrons. The highest BCUT2D eigenvalue weighted by molar-refractivity contribution is 6.74. The first kappa shape index (κ1) is 62.5. The van der Waals surface area contributed by atoms with Crippen molar-refractivity contribution in [2.45, 2.75) is 270 Å². The molecule has 0 aliphatic rings. The van der Waals surface area contributed by atoms with E-state index in [-0.39, 0.29) is 23.9 Å². The Kier molecular flexibility index (Phi) is 50.1. The molecule has 61 heavy (non-hydrogen) atoms. The lowest BCUT2D eigenvalue weighted by molar-refractivity contribution is -0.0331. The normalized spacial score (nSPS) is 12.9. The molecule has 0 aliphatic heterocycles. The topological polar surface area (TPSA) is 66.4 Å². The van der Waals surface area contributed by atoms with Crippen LogP contribution in [0.5, 0.6) is 0 Å². The zero-order chi connectivity index (χ0) is 45.4. The van der Waals surface area contributed by atoms with E-state index in [9.17, 15) is 0 Å². The molecule has 0 aliphatic carbocycles. The van der Waals surface area contributed by atoms with Crippen LogP contribution in [0.1, 0.15) is 240 Å². The molecule has 0 aromatic heterocycles. The number of hydrogen-bond donors (Lipinski definition) is 1. The van der Waals surface area contributed by atoms with Gasteiger partial charge >= 0.3 is 0 Å². The second-order valence-corrected chi connectivity index (χ2v) is 24.3. The molecule has 0 spiro atoms. The van der Waals surface area contributed by atoms with Crippen LogP contribution in [0, 0.1) is 0 Å². The average Bonchev–Trinajstić information content (AvgIpc) is 3.24. The molecule has 7 heteroatoms. The molecular weight excluding hydrogens is 773 g/mol. The molecule has 0 unspecified atom stereocenters. The summed E-state index contributed by atoms with van der Waals surface area (Å²) in [5, 5.41) is 9.37. The van der Waals surface area contributed by atoms with E-state index >= 15 is 0 Å². The van der Waals surface area contributed by atoms with Gasteiger partial charge in [0.05, 0.1) is 39.6 Å². The predicted molar refractivity (Wildman–Crippen MR) is 271 cm³/mol. The molecule has 1 N–H and O–H groups in total. The molecule has 0 rings (SSSR count). The van der Waals surface area contributed by atoms with Gasteiger partial charge in [-0.3, -0.25) is 0 Å². The predicted octanol–water partition coefficient (Wildman–Crippen LogP) is 16.7. The lowest BCUT2D eigenvalue weighted by Gasteiger charge is -2.37. The minimum atomic E-state index is -1.76. The summed E-state index contributed by atoms with van der Waals surface area (Å²) in [6.07, 6.45) is 47.7. The molecule has 2 atom stereocenters. The van der Waals surface area contributed by atoms with Gasteiger partial charge in [-0.05, 0) is 31.0 Å². The van der Waals surface area contributed by atoms with Crippen molar-refractivity contribution in [3.05, 3.63) is 25.3 Å². The maximum Gasteiger partial charge on any atom is 0.192 e. The third-order valence-electron chi connectivity index (χ3n) is 12.4. The van der Waals surface area contributed by atoms with Crippen molar-refractivity contribution in [3.63, 3.8) is 0 Å². The van der Waals surface area contributed by atoms with Gasteiger partial charge in [-0.1, -0.05) is 239 Å². The van der Waals surface area contributed by atoms with E-state index in [1.54, 1.807) is 12.2 Å². The Bertz CT molecular complexity index is 861. The van der Waals surface area contributed by atoms with Gasteiger partial charge in [-0.25, -0.2) is 0 Å². The van der Waals surface area contributed by atoms with Gasteiger partial charge < -0.3 is 28.5 Å². The molecule has 0 amide bonds. The van der Waals surface area contributed by atoms with Crippen LogP contribution >= 0.6 is 0 Å². The van der Waals surface area contributed by atoms with Gasteiger partial charge in [0.15, 0.2) is 8.32 Å². The maximum atomic E-state index is 9.16. The first-order valence-electron chi connectivity index (χ1n) is 26.4. The minimum absolute atomic E-state index is 0.00631. The van der Waals surface area contributed by atoms with Gasteiger partial charge in [0, 0.05) is 13.2 Å². The van der Waals surface area contributed by atoms with Crippen molar-refractivity contribution in [2.24, 2.45) is 0 Å². The maximum absolute atomic E-state index is 9.16. The molecule has 0 fully saturated rings. The minimum Gasteiger partial charge on any atom is -0.414 e. The van der Waals surface area contributed by atoms with Crippen molar-refractivity contribution in [1.82, 2.24) is 0 Å². The summed E-state index contributed by atoms with van der Waals surface area (Å²) in [7, 11) is -1.76. The molecule has 0 heterocycles. The zero-order valence-electron chi connectivity index (χ0n) is 42.5. The number of unbranched alkanes of at least 4 members (excludes halogenated alkanes) is 30. The van der Waals surface area contributed by atoms with Crippen LogP contribution in [-0.4, -0.2) is 78.5 Å². The SMILES string of the molecule is C=CCO[C@@H](CO)COCCCCCCCCCCCCCCCCCC.C=CCO[C@H](COCCCCCCCCCCCCCCCCCC)CO[Si](C)(C)C(C)(C)C. The number of aliphatic hydroxyl groups is 1. The molecular formula is C54H110O6Si. The smallest absolute Gasteiger partial charge is 0.192 e. The molecule has 0 saturated carbocycles. The van der Waals surface area contributed by atoms with Crippen molar-refractivity contribution < 1.29 is 28.5 Å². The van der Waals surface area contributed by atoms with E-state index < -0.39 is 8.32 Å². The number of aliphatic hydroxyl groups excluding tert-OH is 1. The fourth-order valence-electron chi connectivity index (χ4n) is 7.16. The quantitative estimate of drug-likeness (QED) is 0.0373. The molecule has 0 radical (unpaired) electrons. The molecule has 0 aromatic rings. The average molecular weight is 884 g/mol.